The van der Waals surface area contributed by atoms with Gasteiger partial charge in [0.25, 0.3) is 0 Å². The van der Waals surface area contributed by atoms with E-state index in [4.69, 9.17) is 15.7 Å². The predicted molar refractivity (Wildman–Crippen MR) is 215 cm³/mol. The van der Waals surface area contributed by atoms with E-state index < -0.39 is 11.9 Å². The molecule has 5 aromatic rings. The number of hydrogen-bond acceptors (Lipinski definition) is 13. The summed E-state index contributed by atoms with van der Waals surface area (Å²) in [5.41, 5.74) is 11.8. The lowest BCUT2D eigenvalue weighted by Gasteiger charge is -2.42. The van der Waals surface area contributed by atoms with E-state index in [1.807, 2.05) is 48.8 Å². The third kappa shape index (κ3) is 6.96. The van der Waals surface area contributed by atoms with Crippen LogP contribution in [0.1, 0.15) is 55.7 Å². The number of nitrogen functional groups attached to an aromatic ring is 1. The van der Waals surface area contributed by atoms with Gasteiger partial charge in [0, 0.05) is 81.3 Å². The van der Waals surface area contributed by atoms with Crippen LogP contribution in [-0.4, -0.2) is 107 Å². The van der Waals surface area contributed by atoms with Crippen LogP contribution in [0.25, 0.3) is 22.3 Å². The Morgan fingerprint density at radius 3 is 2.35 bits per heavy atom. The number of hydrogen-bond donors (Lipinski definition) is 3. The summed E-state index contributed by atoms with van der Waals surface area (Å²) in [5.74, 6) is 0.587. The third-order valence-electron chi connectivity index (χ3n) is 12.4. The van der Waals surface area contributed by atoms with Gasteiger partial charge in [-0.25, -0.2) is 14.8 Å². The first-order chi connectivity index (χ1) is 27.6. The van der Waals surface area contributed by atoms with Gasteiger partial charge < -0.3 is 20.6 Å². The fourth-order valence-corrected chi connectivity index (χ4v) is 9.39. The number of phenolic OH excluding ortho intramolecular Hbond substituents is 1. The molecule has 4 N–H and O–H groups in total. The van der Waals surface area contributed by atoms with Crippen molar-refractivity contribution in [2.24, 2.45) is 7.05 Å². The van der Waals surface area contributed by atoms with Crippen LogP contribution in [0.2, 0.25) is 0 Å². The van der Waals surface area contributed by atoms with E-state index in [0.717, 1.165) is 93.2 Å². The molecule has 2 aromatic carbocycles. The SMILES string of the molecule is CN(Cc1ccc2c(c1)n(C)c(=O)n2C1CCC(=O)NC1=O)C1CCN(Cc2cnc(N3C4CCC3CN(c3cc(-c5ccccc5O)nnc3N)C4)nc2)CC1. The molecule has 3 atom stereocenters. The van der Waals surface area contributed by atoms with Gasteiger partial charge in [0.05, 0.1) is 22.4 Å². The normalized spacial score (nSPS) is 21.8. The number of carbonyl (C=O) groups is 2. The molecule has 7 heterocycles. The molecule has 3 unspecified atom stereocenters. The Hall–Kier alpha value is -5.87. The fourth-order valence-electron chi connectivity index (χ4n) is 9.39. The van der Waals surface area contributed by atoms with Crippen molar-refractivity contribution < 1.29 is 14.7 Å². The van der Waals surface area contributed by atoms with Gasteiger partial charge in [-0.1, -0.05) is 18.2 Å². The molecule has 4 aliphatic rings. The number of aromatic hydroxyl groups is 1. The number of fused-ring (bicyclic) bond motifs is 3. The van der Waals surface area contributed by atoms with Crippen LogP contribution >= 0.6 is 0 Å². The highest BCUT2D eigenvalue weighted by Gasteiger charge is 2.42. The second-order valence-corrected chi connectivity index (χ2v) is 16.0. The molecule has 9 rings (SSSR count). The number of piperidine rings is 2. The third-order valence-corrected chi connectivity index (χ3v) is 12.4. The second-order valence-electron chi connectivity index (χ2n) is 16.0. The van der Waals surface area contributed by atoms with Gasteiger partial charge in [0.15, 0.2) is 5.82 Å². The molecule has 296 valence electrons. The molecule has 4 saturated heterocycles. The van der Waals surface area contributed by atoms with Crippen molar-refractivity contribution in [3.05, 3.63) is 82.5 Å². The van der Waals surface area contributed by atoms with Crippen LogP contribution in [-0.2, 0) is 29.7 Å². The first-order valence-corrected chi connectivity index (χ1v) is 19.8. The van der Waals surface area contributed by atoms with Gasteiger partial charge in [-0.05, 0) is 88.1 Å². The number of nitrogens with zero attached hydrogens (tertiary/aromatic N) is 10. The number of para-hydroxylation sites is 1. The van der Waals surface area contributed by atoms with Gasteiger partial charge in [-0.3, -0.25) is 33.8 Å². The monoisotopic (exact) mass is 772 g/mol. The second kappa shape index (κ2) is 14.9. The van der Waals surface area contributed by atoms with Gasteiger partial charge >= 0.3 is 5.69 Å². The number of piperazine rings is 1. The number of benzene rings is 2. The van der Waals surface area contributed by atoms with Crippen LogP contribution in [0.3, 0.4) is 0 Å². The number of imide groups is 1. The van der Waals surface area contributed by atoms with Crippen molar-refractivity contribution in [1.82, 2.24) is 44.4 Å². The summed E-state index contributed by atoms with van der Waals surface area (Å²) >= 11 is 0. The summed E-state index contributed by atoms with van der Waals surface area (Å²) < 4.78 is 3.12. The van der Waals surface area contributed by atoms with E-state index in [0.29, 0.717) is 35.1 Å². The first-order valence-electron chi connectivity index (χ1n) is 19.8. The maximum atomic E-state index is 13.2. The Kier molecular flexibility index (Phi) is 9.60. The summed E-state index contributed by atoms with van der Waals surface area (Å²) in [6.07, 6.45) is 8.68. The molecular weight excluding hydrogens is 725 g/mol. The van der Waals surface area contributed by atoms with Gasteiger partial charge in [0.1, 0.15) is 11.8 Å². The topological polar surface area (TPSA) is 184 Å². The van der Waals surface area contributed by atoms with E-state index in [9.17, 15) is 19.5 Å². The van der Waals surface area contributed by atoms with E-state index in [-0.39, 0.29) is 35.9 Å². The highest BCUT2D eigenvalue weighted by molar-refractivity contribution is 6.00. The Morgan fingerprint density at radius 1 is 0.895 bits per heavy atom. The maximum absolute atomic E-state index is 13.2. The number of amides is 2. The zero-order valence-electron chi connectivity index (χ0n) is 32.3. The molecule has 57 heavy (non-hydrogen) atoms. The lowest BCUT2D eigenvalue weighted by atomic mass is 10.0. The van der Waals surface area contributed by atoms with Crippen LogP contribution in [0.4, 0.5) is 17.5 Å². The number of aromatic nitrogens is 6. The molecule has 0 spiro atoms. The molecule has 0 radical (unpaired) electrons. The minimum absolute atomic E-state index is 0.158. The van der Waals surface area contributed by atoms with Crippen molar-refractivity contribution in [3.63, 3.8) is 0 Å². The number of imidazole rings is 1. The van der Waals surface area contributed by atoms with Crippen LogP contribution in [0, 0.1) is 0 Å². The summed E-state index contributed by atoms with van der Waals surface area (Å²) in [5, 5.41) is 21.3. The zero-order valence-corrected chi connectivity index (χ0v) is 32.3. The number of nitrogens with two attached hydrogens (primary N) is 1. The van der Waals surface area contributed by atoms with E-state index >= 15 is 0 Å². The van der Waals surface area contributed by atoms with Crippen molar-refractivity contribution in [2.75, 3.05) is 48.8 Å². The quantitative estimate of drug-likeness (QED) is 0.186. The number of anilines is 3. The van der Waals surface area contributed by atoms with E-state index in [2.05, 4.69) is 42.2 Å². The Morgan fingerprint density at radius 2 is 1.63 bits per heavy atom. The fraction of sp³-hybridized carbons (Fsp3) is 0.439. The number of aryl methyl sites for hydroxylation is 1. The molecule has 4 aliphatic heterocycles. The maximum Gasteiger partial charge on any atom is 0.329 e. The highest BCUT2D eigenvalue weighted by atomic mass is 16.3. The van der Waals surface area contributed by atoms with Crippen LogP contribution < -0.4 is 26.5 Å². The molecule has 0 saturated carbocycles. The first kappa shape index (κ1) is 36.7. The van der Waals surface area contributed by atoms with E-state index in [1.165, 1.54) is 4.57 Å². The molecule has 3 aromatic heterocycles. The molecule has 16 heteroatoms. The smallest absolute Gasteiger partial charge is 0.329 e. The average molecular weight is 773 g/mol. The number of carbonyl (C=O) groups excluding carboxylic acids is 2. The highest BCUT2D eigenvalue weighted by Crippen LogP contribution is 2.38. The summed E-state index contributed by atoms with van der Waals surface area (Å²) in [4.78, 5) is 56.8. The number of rotatable bonds is 9. The molecule has 4 fully saturated rings. The van der Waals surface area contributed by atoms with E-state index in [1.54, 1.807) is 23.7 Å². The summed E-state index contributed by atoms with van der Waals surface area (Å²) in [6.45, 7) is 5.05. The van der Waals surface area contributed by atoms with Crippen molar-refractivity contribution in [2.45, 2.75) is 75.8 Å². The summed E-state index contributed by atoms with van der Waals surface area (Å²) in [7, 11) is 3.89. The predicted octanol–water partition coefficient (Wildman–Crippen LogP) is 2.81. The molecular formula is C41H48N12O4. The average Bonchev–Trinajstić information content (AvgIpc) is 3.62. The van der Waals surface area contributed by atoms with Crippen molar-refractivity contribution in [1.29, 1.82) is 0 Å². The Balaban J connectivity index is 0.788. The zero-order chi connectivity index (χ0) is 39.4. The van der Waals surface area contributed by atoms with Crippen molar-refractivity contribution in [3.8, 4) is 17.0 Å². The minimum Gasteiger partial charge on any atom is -0.507 e. The Bertz CT molecular complexity index is 2370. The molecule has 2 amide bonds. The molecule has 0 aliphatic carbocycles. The lowest BCUT2D eigenvalue weighted by molar-refractivity contribution is -0.135. The standard InChI is InChI=1S/C41H48N12O4/c1-48(21-25-7-10-32-34(17-25)49(2)41(57)53(32)33-11-12-37(55)45-39(33)56)27-13-15-50(16-14-27)22-26-19-43-40(44-20-26)52-28-8-9-29(52)24-51(23-28)35-18-31(46-47-38(35)42)30-5-3-4-6-36(30)54/h3-7,10,17-20,27-29,33,54H,8-9,11-16,21-24H2,1-2H3,(H2,42,47)(H,45,55,56). The summed E-state index contributed by atoms with van der Waals surface area (Å²) in [6, 6.07) is 15.3. The largest absolute Gasteiger partial charge is 0.507 e. The number of nitrogens with one attached hydrogen (secondary N) is 1. The van der Waals surface area contributed by atoms with Crippen molar-refractivity contribution >= 4 is 40.3 Å². The van der Waals surface area contributed by atoms with Gasteiger partial charge in [0.2, 0.25) is 17.8 Å². The lowest BCUT2D eigenvalue weighted by Crippen LogP contribution is -2.54. The number of likely N-dealkylation sites (tertiary alicyclic amines) is 1. The van der Waals surface area contributed by atoms with Gasteiger partial charge in [-0.15, -0.1) is 10.2 Å². The molecule has 16 nitrogen and oxygen atoms in total. The van der Waals surface area contributed by atoms with Gasteiger partial charge in [-0.2, -0.15) is 0 Å². The number of phenols is 1. The van der Waals surface area contributed by atoms with Crippen LogP contribution in [0.15, 0.2) is 65.7 Å². The minimum atomic E-state index is -0.691. The molecule has 2 bridgehead atoms. The van der Waals surface area contributed by atoms with Crippen LogP contribution in [0.5, 0.6) is 5.75 Å². The Labute approximate surface area is 329 Å².